The second-order valence-corrected chi connectivity index (χ2v) is 6.78. The third-order valence-electron chi connectivity index (χ3n) is 5.12. The van der Waals surface area contributed by atoms with E-state index in [-0.39, 0.29) is 6.10 Å². The lowest BCUT2D eigenvalue weighted by molar-refractivity contribution is 0.185. The maximum Gasteiger partial charge on any atom is 0.119 e. The molecule has 2 aliphatic rings. The van der Waals surface area contributed by atoms with E-state index in [9.17, 15) is 5.11 Å². The van der Waals surface area contributed by atoms with Crippen molar-refractivity contribution in [3.63, 3.8) is 0 Å². The molecule has 0 amide bonds. The summed E-state index contributed by atoms with van der Waals surface area (Å²) >= 11 is 0. The Morgan fingerprint density at radius 3 is 2.60 bits per heavy atom. The molecule has 1 aromatic carbocycles. The van der Waals surface area contributed by atoms with Crippen LogP contribution in [0.25, 0.3) is 0 Å². The van der Waals surface area contributed by atoms with Gasteiger partial charge in [0, 0.05) is 0 Å². The summed E-state index contributed by atoms with van der Waals surface area (Å²) in [5.41, 5.74) is 1.28. The summed E-state index contributed by atoms with van der Waals surface area (Å²) in [5, 5.41) is 9.30. The smallest absolute Gasteiger partial charge is 0.119 e. The maximum absolute atomic E-state index is 9.30. The lowest BCUT2D eigenvalue weighted by Gasteiger charge is -2.21. The molecule has 4 unspecified atom stereocenters. The van der Waals surface area contributed by atoms with E-state index in [0.717, 1.165) is 43.0 Å². The first-order chi connectivity index (χ1) is 9.70. The van der Waals surface area contributed by atoms with E-state index >= 15 is 0 Å². The Morgan fingerprint density at radius 2 is 2.00 bits per heavy atom. The van der Waals surface area contributed by atoms with Crippen molar-refractivity contribution in [2.45, 2.75) is 51.6 Å². The molecule has 0 aromatic heterocycles. The highest BCUT2D eigenvalue weighted by molar-refractivity contribution is 5.27. The van der Waals surface area contributed by atoms with Gasteiger partial charge < -0.3 is 9.84 Å². The summed E-state index contributed by atoms with van der Waals surface area (Å²) in [6.45, 7) is 2.74. The molecule has 2 bridgehead atoms. The predicted molar refractivity (Wildman–Crippen MR) is 80.9 cm³/mol. The Hall–Kier alpha value is -1.02. The van der Waals surface area contributed by atoms with E-state index in [1.54, 1.807) is 0 Å². The first kappa shape index (κ1) is 13.9. The van der Waals surface area contributed by atoms with Crippen LogP contribution < -0.4 is 4.74 Å². The van der Waals surface area contributed by atoms with E-state index in [1.807, 2.05) is 6.92 Å². The Labute approximate surface area is 122 Å². The van der Waals surface area contributed by atoms with Crippen molar-refractivity contribution in [1.29, 1.82) is 0 Å². The van der Waals surface area contributed by atoms with Crippen LogP contribution in [0.15, 0.2) is 24.3 Å². The Bertz CT molecular complexity index is 424. The van der Waals surface area contributed by atoms with Gasteiger partial charge in [0.1, 0.15) is 5.75 Å². The quantitative estimate of drug-likeness (QED) is 0.854. The number of benzene rings is 1. The third kappa shape index (κ3) is 3.35. The zero-order valence-corrected chi connectivity index (χ0v) is 12.4. The number of hydrogen-bond acceptors (Lipinski definition) is 2. The summed E-state index contributed by atoms with van der Waals surface area (Å²) in [6.07, 6.45) is 7.26. The van der Waals surface area contributed by atoms with Gasteiger partial charge in [-0.25, -0.2) is 0 Å². The van der Waals surface area contributed by atoms with Gasteiger partial charge >= 0.3 is 0 Å². The van der Waals surface area contributed by atoms with E-state index in [0.29, 0.717) is 0 Å². The lowest BCUT2D eigenvalue weighted by Crippen LogP contribution is -2.18. The second kappa shape index (κ2) is 6.17. The van der Waals surface area contributed by atoms with Gasteiger partial charge in [-0.15, -0.1) is 0 Å². The number of aliphatic hydroxyl groups excluding tert-OH is 1. The fourth-order valence-electron chi connectivity index (χ4n) is 3.91. The number of aliphatic hydroxyl groups is 1. The van der Waals surface area contributed by atoms with E-state index in [2.05, 4.69) is 24.3 Å². The van der Waals surface area contributed by atoms with Crippen molar-refractivity contribution < 1.29 is 9.84 Å². The summed E-state index contributed by atoms with van der Waals surface area (Å²) in [6, 6.07) is 8.40. The summed E-state index contributed by atoms with van der Waals surface area (Å²) in [7, 11) is 0. The lowest BCUT2D eigenvalue weighted by atomic mass is 9.89. The molecular formula is C18H26O2. The van der Waals surface area contributed by atoms with Gasteiger partial charge in [0.15, 0.2) is 0 Å². The van der Waals surface area contributed by atoms with Gasteiger partial charge in [0.05, 0.1) is 12.7 Å². The van der Waals surface area contributed by atoms with Gasteiger partial charge in [0.2, 0.25) is 0 Å². The van der Waals surface area contributed by atoms with Gasteiger partial charge in [-0.3, -0.25) is 0 Å². The minimum atomic E-state index is -0.219. The van der Waals surface area contributed by atoms with Crippen molar-refractivity contribution in [2.75, 3.05) is 6.61 Å². The highest BCUT2D eigenvalue weighted by Crippen LogP contribution is 2.48. The molecule has 0 radical (unpaired) electrons. The van der Waals surface area contributed by atoms with Crippen LogP contribution in [-0.4, -0.2) is 17.8 Å². The molecule has 2 saturated carbocycles. The Morgan fingerprint density at radius 1 is 1.20 bits per heavy atom. The van der Waals surface area contributed by atoms with Crippen LogP contribution in [0.2, 0.25) is 0 Å². The normalized spacial score (nSPS) is 29.6. The molecular weight excluding hydrogens is 248 g/mol. The SMILES string of the molecule is CC(O)CCc1ccc(OCC2CC3CCC2C3)cc1. The topological polar surface area (TPSA) is 29.5 Å². The van der Waals surface area contributed by atoms with Crippen molar-refractivity contribution in [3.05, 3.63) is 29.8 Å². The zero-order chi connectivity index (χ0) is 13.9. The average molecular weight is 274 g/mol. The monoisotopic (exact) mass is 274 g/mol. The molecule has 2 fully saturated rings. The molecule has 1 N–H and O–H groups in total. The van der Waals surface area contributed by atoms with Gasteiger partial charge in [0.25, 0.3) is 0 Å². The van der Waals surface area contributed by atoms with Crippen molar-refractivity contribution >= 4 is 0 Å². The molecule has 0 aliphatic heterocycles. The number of ether oxygens (including phenoxy) is 1. The molecule has 20 heavy (non-hydrogen) atoms. The van der Waals surface area contributed by atoms with Gasteiger partial charge in [-0.05, 0) is 74.5 Å². The molecule has 0 spiro atoms. The molecule has 110 valence electrons. The van der Waals surface area contributed by atoms with Crippen molar-refractivity contribution in [2.24, 2.45) is 17.8 Å². The van der Waals surface area contributed by atoms with E-state index < -0.39 is 0 Å². The van der Waals surface area contributed by atoms with Crippen molar-refractivity contribution in [1.82, 2.24) is 0 Å². The number of fused-ring (bicyclic) bond motifs is 2. The fourth-order valence-corrected chi connectivity index (χ4v) is 3.91. The summed E-state index contributed by atoms with van der Waals surface area (Å²) in [4.78, 5) is 0. The average Bonchev–Trinajstić information content (AvgIpc) is 3.06. The van der Waals surface area contributed by atoms with Crippen LogP contribution in [0.5, 0.6) is 5.75 Å². The first-order valence-corrected chi connectivity index (χ1v) is 8.10. The van der Waals surface area contributed by atoms with E-state index in [1.165, 1.54) is 31.2 Å². The molecule has 3 rings (SSSR count). The van der Waals surface area contributed by atoms with Crippen LogP contribution in [0, 0.1) is 17.8 Å². The van der Waals surface area contributed by atoms with Crippen LogP contribution in [0.4, 0.5) is 0 Å². The van der Waals surface area contributed by atoms with Crippen LogP contribution in [0.1, 0.15) is 44.6 Å². The number of aryl methyl sites for hydroxylation is 1. The molecule has 1 aromatic rings. The summed E-state index contributed by atoms with van der Waals surface area (Å²) in [5.74, 6) is 3.72. The molecule has 4 atom stereocenters. The molecule has 2 aliphatic carbocycles. The molecule has 0 heterocycles. The van der Waals surface area contributed by atoms with Gasteiger partial charge in [-0.2, -0.15) is 0 Å². The second-order valence-electron chi connectivity index (χ2n) is 6.78. The molecule has 2 heteroatoms. The Kier molecular flexibility index (Phi) is 4.30. The highest BCUT2D eigenvalue weighted by atomic mass is 16.5. The zero-order valence-electron chi connectivity index (χ0n) is 12.4. The standard InChI is InChI=1S/C18H26O2/c1-13(19)2-3-14-5-8-18(9-6-14)20-12-17-11-15-4-7-16(17)10-15/h5-6,8-9,13,15-17,19H,2-4,7,10-12H2,1H3. The Balaban J connectivity index is 1.46. The minimum Gasteiger partial charge on any atom is -0.493 e. The number of hydrogen-bond donors (Lipinski definition) is 1. The maximum atomic E-state index is 9.30. The summed E-state index contributed by atoms with van der Waals surface area (Å²) < 4.78 is 5.97. The number of rotatable bonds is 6. The predicted octanol–water partition coefficient (Wildman–Crippen LogP) is 3.82. The highest BCUT2D eigenvalue weighted by Gasteiger charge is 2.39. The van der Waals surface area contributed by atoms with Crippen LogP contribution >= 0.6 is 0 Å². The first-order valence-electron chi connectivity index (χ1n) is 8.10. The minimum absolute atomic E-state index is 0.219. The molecule has 2 nitrogen and oxygen atoms in total. The third-order valence-corrected chi connectivity index (χ3v) is 5.12. The fraction of sp³-hybridized carbons (Fsp3) is 0.667. The van der Waals surface area contributed by atoms with Crippen molar-refractivity contribution in [3.8, 4) is 5.75 Å². The van der Waals surface area contributed by atoms with E-state index in [4.69, 9.17) is 4.74 Å². The largest absolute Gasteiger partial charge is 0.493 e. The van der Waals surface area contributed by atoms with Gasteiger partial charge in [-0.1, -0.05) is 18.6 Å². The molecule has 0 saturated heterocycles. The van der Waals surface area contributed by atoms with Crippen LogP contribution in [0.3, 0.4) is 0 Å². The van der Waals surface area contributed by atoms with Crippen LogP contribution in [-0.2, 0) is 6.42 Å².